The first-order valence-electron chi connectivity index (χ1n) is 5.34. The molecule has 1 amide bonds. The van der Waals surface area contributed by atoms with Gasteiger partial charge in [0.2, 0.25) is 0 Å². The van der Waals surface area contributed by atoms with E-state index in [4.69, 9.17) is 10.9 Å². The zero-order chi connectivity index (χ0) is 13.7. The first-order valence-corrected chi connectivity index (χ1v) is 5.34. The Balaban J connectivity index is 2.74. The number of carbonyl (C=O) groups excluding carboxylic acids is 1. The van der Waals surface area contributed by atoms with E-state index in [1.54, 1.807) is 20.2 Å². The summed E-state index contributed by atoms with van der Waals surface area (Å²) in [6.45, 7) is 0.309. The average molecular weight is 252 g/mol. The van der Waals surface area contributed by atoms with Gasteiger partial charge >= 0.3 is 0 Å². The zero-order valence-electron chi connectivity index (χ0n) is 10.3. The summed E-state index contributed by atoms with van der Waals surface area (Å²) in [5, 5.41) is 11.2. The molecular weight excluding hydrogens is 236 g/mol. The largest absolute Gasteiger partial charge is 0.409 e. The number of pyridine rings is 1. The lowest BCUT2D eigenvalue weighted by Gasteiger charge is -2.16. The molecule has 0 aliphatic carbocycles. The molecule has 3 N–H and O–H groups in total. The molecule has 0 spiro atoms. The Morgan fingerprint density at radius 3 is 2.83 bits per heavy atom. The van der Waals surface area contributed by atoms with Crippen molar-refractivity contribution < 1.29 is 10.0 Å². The van der Waals surface area contributed by atoms with Crippen LogP contribution in [0.3, 0.4) is 0 Å². The van der Waals surface area contributed by atoms with E-state index in [1.807, 2.05) is 0 Å². The fourth-order valence-corrected chi connectivity index (χ4v) is 1.34. The maximum Gasteiger partial charge on any atom is 0.253 e. The van der Waals surface area contributed by atoms with E-state index in [0.717, 1.165) is 0 Å². The SMILES string of the molecule is CN(CC/C(N)=N/O)C(=O)c1ccn(C)c(=O)c1. The van der Waals surface area contributed by atoms with Crippen LogP contribution in [-0.2, 0) is 7.05 Å². The summed E-state index contributed by atoms with van der Waals surface area (Å²) in [7, 11) is 3.20. The molecule has 1 aromatic rings. The fraction of sp³-hybridized carbons (Fsp3) is 0.364. The standard InChI is InChI=1S/C11H16N4O3/c1-14-5-3-8(7-10(14)16)11(17)15(2)6-4-9(12)13-18/h3,5,7,18H,4,6H2,1-2H3,(H2,12,13). The molecule has 0 aliphatic heterocycles. The van der Waals surface area contributed by atoms with E-state index in [-0.39, 0.29) is 23.7 Å². The minimum Gasteiger partial charge on any atom is -0.409 e. The third kappa shape index (κ3) is 3.34. The van der Waals surface area contributed by atoms with Crippen molar-refractivity contribution in [2.45, 2.75) is 6.42 Å². The Bertz CT molecular complexity index is 521. The Labute approximate surface area is 104 Å². The minimum absolute atomic E-state index is 0.0543. The number of nitrogens with zero attached hydrogens (tertiary/aromatic N) is 3. The van der Waals surface area contributed by atoms with Crippen LogP contribution in [0.5, 0.6) is 0 Å². The molecule has 0 fully saturated rings. The van der Waals surface area contributed by atoms with Gasteiger partial charge in [-0.2, -0.15) is 0 Å². The molecule has 0 atom stereocenters. The third-order valence-electron chi connectivity index (χ3n) is 2.53. The highest BCUT2D eigenvalue weighted by Crippen LogP contribution is 2.01. The summed E-state index contributed by atoms with van der Waals surface area (Å²) in [5.41, 5.74) is 5.39. The molecule has 1 rings (SSSR count). The number of oxime groups is 1. The van der Waals surface area contributed by atoms with Crippen LogP contribution in [0.1, 0.15) is 16.8 Å². The van der Waals surface area contributed by atoms with E-state index in [0.29, 0.717) is 12.1 Å². The highest BCUT2D eigenvalue weighted by atomic mass is 16.4. The van der Waals surface area contributed by atoms with Crippen LogP contribution in [0.2, 0.25) is 0 Å². The van der Waals surface area contributed by atoms with Crippen molar-refractivity contribution in [2.24, 2.45) is 17.9 Å². The first kappa shape index (κ1) is 13.8. The van der Waals surface area contributed by atoms with Gasteiger partial charge in [-0.05, 0) is 6.07 Å². The van der Waals surface area contributed by atoms with Crippen LogP contribution < -0.4 is 11.3 Å². The maximum atomic E-state index is 11.9. The van der Waals surface area contributed by atoms with E-state index in [9.17, 15) is 9.59 Å². The van der Waals surface area contributed by atoms with Crippen molar-refractivity contribution in [2.75, 3.05) is 13.6 Å². The first-order chi connectivity index (χ1) is 8.45. The molecule has 0 saturated carbocycles. The zero-order valence-corrected chi connectivity index (χ0v) is 10.3. The van der Waals surface area contributed by atoms with E-state index >= 15 is 0 Å². The molecule has 0 saturated heterocycles. The average Bonchev–Trinajstić information content (AvgIpc) is 2.37. The number of amidine groups is 1. The van der Waals surface area contributed by atoms with Crippen LogP contribution in [-0.4, -0.2) is 40.0 Å². The Morgan fingerprint density at radius 2 is 2.28 bits per heavy atom. The number of aryl methyl sites for hydroxylation is 1. The van der Waals surface area contributed by atoms with E-state index in [2.05, 4.69) is 5.16 Å². The van der Waals surface area contributed by atoms with Crippen molar-refractivity contribution >= 4 is 11.7 Å². The molecule has 1 aromatic heterocycles. The molecule has 0 aliphatic rings. The summed E-state index contributed by atoms with van der Waals surface area (Å²) < 4.78 is 1.38. The smallest absolute Gasteiger partial charge is 0.253 e. The van der Waals surface area contributed by atoms with Crippen molar-refractivity contribution in [3.8, 4) is 0 Å². The molecule has 98 valence electrons. The Kier molecular flexibility index (Phi) is 4.47. The molecule has 0 aromatic carbocycles. The number of aromatic nitrogens is 1. The Hall–Kier alpha value is -2.31. The van der Waals surface area contributed by atoms with E-state index < -0.39 is 0 Å². The van der Waals surface area contributed by atoms with Crippen molar-refractivity contribution in [3.05, 3.63) is 34.2 Å². The quantitative estimate of drug-likeness (QED) is 0.329. The number of carbonyl (C=O) groups is 1. The predicted molar refractivity (Wildman–Crippen MR) is 66.7 cm³/mol. The number of rotatable bonds is 4. The summed E-state index contributed by atoms with van der Waals surface area (Å²) in [4.78, 5) is 24.8. The number of hydrogen-bond donors (Lipinski definition) is 2. The summed E-state index contributed by atoms with van der Waals surface area (Å²) >= 11 is 0. The van der Waals surface area contributed by atoms with Crippen LogP contribution in [0.25, 0.3) is 0 Å². The second-order valence-corrected chi connectivity index (χ2v) is 3.93. The highest BCUT2D eigenvalue weighted by molar-refractivity contribution is 5.94. The number of amides is 1. The van der Waals surface area contributed by atoms with E-state index in [1.165, 1.54) is 21.7 Å². The van der Waals surface area contributed by atoms with Gasteiger partial charge in [-0.1, -0.05) is 5.16 Å². The third-order valence-corrected chi connectivity index (χ3v) is 2.53. The molecule has 0 radical (unpaired) electrons. The van der Waals surface area contributed by atoms with Gasteiger partial charge < -0.3 is 20.4 Å². The molecule has 1 heterocycles. The van der Waals surface area contributed by atoms with Crippen LogP contribution >= 0.6 is 0 Å². The molecule has 7 nitrogen and oxygen atoms in total. The molecule has 0 unspecified atom stereocenters. The van der Waals surface area contributed by atoms with Crippen LogP contribution in [0.4, 0.5) is 0 Å². The second kappa shape index (κ2) is 5.85. The minimum atomic E-state index is -0.279. The fourth-order valence-electron chi connectivity index (χ4n) is 1.34. The Morgan fingerprint density at radius 1 is 1.61 bits per heavy atom. The highest BCUT2D eigenvalue weighted by Gasteiger charge is 2.12. The molecule has 0 bridgehead atoms. The summed E-state index contributed by atoms with van der Waals surface area (Å²) in [6, 6.07) is 2.85. The summed E-state index contributed by atoms with van der Waals surface area (Å²) in [5.74, 6) is -0.225. The second-order valence-electron chi connectivity index (χ2n) is 3.93. The number of nitrogens with two attached hydrogens (primary N) is 1. The van der Waals surface area contributed by atoms with Gasteiger partial charge in [-0.15, -0.1) is 0 Å². The van der Waals surface area contributed by atoms with Crippen molar-refractivity contribution in [1.82, 2.24) is 9.47 Å². The monoisotopic (exact) mass is 252 g/mol. The van der Waals surface area contributed by atoms with Crippen LogP contribution in [0, 0.1) is 0 Å². The van der Waals surface area contributed by atoms with Gasteiger partial charge in [-0.25, -0.2) is 0 Å². The molecule has 7 heteroatoms. The van der Waals surface area contributed by atoms with Gasteiger partial charge in [0.1, 0.15) is 5.84 Å². The lowest BCUT2D eigenvalue weighted by Crippen LogP contribution is -2.31. The van der Waals surface area contributed by atoms with Crippen molar-refractivity contribution in [3.63, 3.8) is 0 Å². The van der Waals surface area contributed by atoms with Gasteiger partial charge in [-0.3, -0.25) is 9.59 Å². The molecular formula is C11H16N4O3. The van der Waals surface area contributed by atoms with Crippen LogP contribution in [0.15, 0.2) is 28.3 Å². The predicted octanol–water partition coefficient (Wildman–Crippen LogP) is -0.406. The van der Waals surface area contributed by atoms with Gasteiger partial charge in [0.25, 0.3) is 11.5 Å². The lowest BCUT2D eigenvalue weighted by atomic mass is 10.2. The topological polar surface area (TPSA) is 101 Å². The maximum absolute atomic E-state index is 11.9. The lowest BCUT2D eigenvalue weighted by molar-refractivity contribution is 0.0798. The van der Waals surface area contributed by atoms with Crippen molar-refractivity contribution in [1.29, 1.82) is 0 Å². The summed E-state index contributed by atoms with van der Waals surface area (Å²) in [6.07, 6.45) is 1.80. The molecule has 18 heavy (non-hydrogen) atoms. The number of hydrogen-bond acceptors (Lipinski definition) is 4. The van der Waals surface area contributed by atoms with Gasteiger partial charge in [0.05, 0.1) is 0 Å². The van der Waals surface area contributed by atoms with Gasteiger partial charge in [0.15, 0.2) is 0 Å². The normalized spacial score (nSPS) is 11.3. The van der Waals surface area contributed by atoms with Gasteiger partial charge in [0, 0.05) is 44.9 Å².